The van der Waals surface area contributed by atoms with Crippen LogP contribution in [0, 0.1) is 0 Å². The molecule has 0 saturated heterocycles. The van der Waals surface area contributed by atoms with Gasteiger partial charge in [-0.2, -0.15) is 4.89 Å². The number of rotatable bonds is 7. The molecule has 0 aliphatic rings. The minimum atomic E-state index is -0.405. The summed E-state index contributed by atoms with van der Waals surface area (Å²) in [7, 11) is 0. The Bertz CT molecular complexity index is 103. The van der Waals surface area contributed by atoms with E-state index in [1.807, 2.05) is 13.8 Å². The Labute approximate surface area is 73.2 Å². The van der Waals surface area contributed by atoms with Crippen LogP contribution in [0.1, 0.15) is 46.5 Å². The predicted octanol–water partition coefficient (Wildman–Crippen LogP) is 2.70. The predicted molar refractivity (Wildman–Crippen MR) is 44.1 cm³/mol. The number of hydrogen-bond acceptors (Lipinski definition) is 4. The van der Waals surface area contributed by atoms with Gasteiger partial charge in [0.1, 0.15) is 5.60 Å². The van der Waals surface area contributed by atoms with Crippen molar-refractivity contribution in [3.8, 4) is 0 Å². The van der Waals surface area contributed by atoms with E-state index in [4.69, 9.17) is 10.1 Å². The highest BCUT2D eigenvalue weighted by atomic mass is 17.6. The number of unbranched alkanes of at least 4 members (excludes halogenated alkanes) is 2. The van der Waals surface area contributed by atoms with Crippen LogP contribution < -0.4 is 0 Å². The van der Waals surface area contributed by atoms with Gasteiger partial charge >= 0.3 is 0 Å². The summed E-state index contributed by atoms with van der Waals surface area (Å²) in [6.45, 7) is 5.89. The topological polar surface area (TPSA) is 47.9 Å². The quantitative estimate of drug-likeness (QED) is 0.370. The average Bonchev–Trinajstić information content (AvgIpc) is 2.01. The van der Waals surface area contributed by atoms with Crippen molar-refractivity contribution in [1.29, 1.82) is 0 Å². The minimum absolute atomic E-state index is 0.405. The molecule has 0 aromatic heterocycles. The van der Waals surface area contributed by atoms with Gasteiger partial charge < -0.3 is 0 Å². The highest BCUT2D eigenvalue weighted by Crippen LogP contribution is 2.18. The van der Waals surface area contributed by atoms with Gasteiger partial charge in [-0.25, -0.2) is 5.26 Å². The highest BCUT2D eigenvalue weighted by molar-refractivity contribution is 4.65. The Kier molecular flexibility index (Phi) is 6.28. The summed E-state index contributed by atoms with van der Waals surface area (Å²) < 4.78 is 0. The van der Waals surface area contributed by atoms with Gasteiger partial charge in [0, 0.05) is 0 Å². The van der Waals surface area contributed by atoms with Gasteiger partial charge in [0.15, 0.2) is 0 Å². The zero-order valence-corrected chi connectivity index (χ0v) is 8.00. The Balaban J connectivity index is 3.42. The molecule has 4 heteroatoms. The molecule has 0 saturated carbocycles. The molecular formula is C8H18O4. The summed E-state index contributed by atoms with van der Waals surface area (Å²) in [6, 6.07) is 0. The largest absolute Gasteiger partial charge is 0.219 e. The third-order valence-corrected chi connectivity index (χ3v) is 1.67. The molecule has 0 aromatic carbocycles. The van der Waals surface area contributed by atoms with E-state index in [-0.39, 0.29) is 0 Å². The average molecular weight is 178 g/mol. The molecule has 0 spiro atoms. The van der Waals surface area contributed by atoms with Gasteiger partial charge in [-0.15, -0.1) is 0 Å². The van der Waals surface area contributed by atoms with Crippen molar-refractivity contribution >= 4 is 0 Å². The molecule has 0 aromatic rings. The first-order chi connectivity index (χ1) is 5.62. The van der Waals surface area contributed by atoms with Crippen molar-refractivity contribution < 1.29 is 20.2 Å². The summed E-state index contributed by atoms with van der Waals surface area (Å²) in [5.41, 5.74) is -0.405. The molecule has 0 fully saturated rings. The third-order valence-electron chi connectivity index (χ3n) is 1.67. The first-order valence-electron chi connectivity index (χ1n) is 4.28. The number of hydrogen-bond donors (Lipinski definition) is 1. The van der Waals surface area contributed by atoms with Crippen LogP contribution in [0.3, 0.4) is 0 Å². The van der Waals surface area contributed by atoms with Gasteiger partial charge in [-0.3, -0.25) is 0 Å². The molecule has 12 heavy (non-hydrogen) atoms. The van der Waals surface area contributed by atoms with Crippen LogP contribution in [0.4, 0.5) is 0 Å². The van der Waals surface area contributed by atoms with Crippen molar-refractivity contribution in [3.63, 3.8) is 0 Å². The molecule has 0 unspecified atom stereocenters. The van der Waals surface area contributed by atoms with Crippen LogP contribution in [0.15, 0.2) is 0 Å². The minimum Gasteiger partial charge on any atom is -0.219 e. The Morgan fingerprint density at radius 2 is 1.92 bits per heavy atom. The molecule has 0 rings (SSSR count). The van der Waals surface area contributed by atoms with E-state index in [0.29, 0.717) is 0 Å². The van der Waals surface area contributed by atoms with Gasteiger partial charge in [0.2, 0.25) is 0 Å². The van der Waals surface area contributed by atoms with E-state index in [1.165, 1.54) is 12.8 Å². The lowest BCUT2D eigenvalue weighted by molar-refractivity contribution is -0.640. The molecule has 0 bridgehead atoms. The van der Waals surface area contributed by atoms with Crippen LogP contribution in [0.25, 0.3) is 0 Å². The zero-order chi connectivity index (χ0) is 9.45. The van der Waals surface area contributed by atoms with Crippen molar-refractivity contribution in [3.05, 3.63) is 0 Å². The van der Waals surface area contributed by atoms with Crippen molar-refractivity contribution in [2.75, 3.05) is 0 Å². The lowest BCUT2D eigenvalue weighted by atomic mass is 10.0. The second-order valence-electron chi connectivity index (χ2n) is 3.44. The second-order valence-corrected chi connectivity index (χ2v) is 3.44. The maximum absolute atomic E-state index is 7.85. The van der Waals surface area contributed by atoms with Crippen LogP contribution in [-0.4, -0.2) is 10.9 Å². The van der Waals surface area contributed by atoms with Crippen LogP contribution in [0.2, 0.25) is 0 Å². The summed E-state index contributed by atoms with van der Waals surface area (Å²) in [5, 5.41) is 15.2. The van der Waals surface area contributed by atoms with Gasteiger partial charge in [-0.05, 0) is 30.3 Å². The van der Waals surface area contributed by atoms with E-state index in [2.05, 4.69) is 17.0 Å². The summed E-state index contributed by atoms with van der Waals surface area (Å²) in [4.78, 5) is 4.75. The first kappa shape index (κ1) is 11.8. The molecule has 0 radical (unpaired) electrons. The van der Waals surface area contributed by atoms with E-state index in [0.717, 1.165) is 12.8 Å². The molecule has 74 valence electrons. The fraction of sp³-hybridized carbons (Fsp3) is 1.00. The molecule has 0 atom stereocenters. The molecular weight excluding hydrogens is 160 g/mol. The standard InChI is InChI=1S/C8H18O4/c1-4-5-6-7-8(2,3)10-12-11-9/h9H,4-7H2,1-3H3. The van der Waals surface area contributed by atoms with E-state index in [9.17, 15) is 0 Å². The van der Waals surface area contributed by atoms with E-state index >= 15 is 0 Å². The van der Waals surface area contributed by atoms with Crippen molar-refractivity contribution in [1.82, 2.24) is 0 Å². The van der Waals surface area contributed by atoms with Gasteiger partial charge in [0.25, 0.3) is 0 Å². The monoisotopic (exact) mass is 178 g/mol. The summed E-state index contributed by atoms with van der Waals surface area (Å²) >= 11 is 0. The summed E-state index contributed by atoms with van der Waals surface area (Å²) in [5.74, 6) is 0. The zero-order valence-electron chi connectivity index (χ0n) is 8.00. The van der Waals surface area contributed by atoms with Crippen molar-refractivity contribution in [2.45, 2.75) is 52.1 Å². The molecule has 0 aliphatic carbocycles. The smallest absolute Gasteiger partial charge is 0.101 e. The Morgan fingerprint density at radius 3 is 2.42 bits per heavy atom. The molecule has 1 N–H and O–H groups in total. The first-order valence-corrected chi connectivity index (χ1v) is 4.28. The highest BCUT2D eigenvalue weighted by Gasteiger charge is 2.19. The Morgan fingerprint density at radius 1 is 1.25 bits per heavy atom. The van der Waals surface area contributed by atoms with Crippen LogP contribution >= 0.6 is 0 Å². The lowest BCUT2D eigenvalue weighted by Crippen LogP contribution is -2.24. The Hall–Kier alpha value is -0.160. The third kappa shape index (κ3) is 6.54. The molecule has 0 aliphatic heterocycles. The lowest BCUT2D eigenvalue weighted by Gasteiger charge is -2.20. The van der Waals surface area contributed by atoms with Crippen LogP contribution in [-0.2, 0) is 15.0 Å². The van der Waals surface area contributed by atoms with Gasteiger partial charge in [0.05, 0.1) is 0 Å². The van der Waals surface area contributed by atoms with E-state index < -0.39 is 5.60 Å². The maximum Gasteiger partial charge on any atom is 0.101 e. The van der Waals surface area contributed by atoms with Crippen molar-refractivity contribution in [2.24, 2.45) is 0 Å². The fourth-order valence-corrected chi connectivity index (χ4v) is 0.950. The SMILES string of the molecule is CCCCCC(C)(C)OOOO. The molecule has 4 nitrogen and oxygen atoms in total. The van der Waals surface area contributed by atoms with E-state index in [1.54, 1.807) is 0 Å². The fourth-order valence-electron chi connectivity index (χ4n) is 0.950. The second kappa shape index (κ2) is 6.37. The van der Waals surface area contributed by atoms with Crippen LogP contribution in [0.5, 0.6) is 0 Å². The summed E-state index contributed by atoms with van der Waals surface area (Å²) in [6.07, 6.45) is 4.31. The maximum atomic E-state index is 7.85. The molecule has 0 amide bonds. The molecule has 0 heterocycles. The normalized spacial score (nSPS) is 12.0. The van der Waals surface area contributed by atoms with Gasteiger partial charge in [-0.1, -0.05) is 26.2 Å².